The quantitative estimate of drug-likeness (QED) is 0.822. The fourth-order valence-electron chi connectivity index (χ4n) is 1.99. The molecule has 0 amide bonds. The highest BCUT2D eigenvalue weighted by atomic mass is 19.1. The van der Waals surface area contributed by atoms with Crippen LogP contribution in [0.2, 0.25) is 0 Å². The van der Waals surface area contributed by atoms with Crippen molar-refractivity contribution in [3.63, 3.8) is 0 Å². The van der Waals surface area contributed by atoms with Crippen molar-refractivity contribution >= 4 is 5.69 Å². The van der Waals surface area contributed by atoms with Gasteiger partial charge >= 0.3 is 0 Å². The summed E-state index contributed by atoms with van der Waals surface area (Å²) in [5.74, 6) is -0.183. The first-order chi connectivity index (χ1) is 7.16. The number of hydrogen-bond donors (Lipinski definition) is 1. The summed E-state index contributed by atoms with van der Waals surface area (Å²) in [5.41, 5.74) is 2.21. The van der Waals surface area contributed by atoms with Crippen molar-refractivity contribution < 1.29 is 9.50 Å². The predicted molar refractivity (Wildman–Crippen MR) is 58.6 cm³/mol. The smallest absolute Gasteiger partial charge is 0.125 e. The number of hydrogen-bond acceptors (Lipinski definition) is 2. The van der Waals surface area contributed by atoms with Crippen molar-refractivity contribution in [2.45, 2.75) is 25.9 Å². The van der Waals surface area contributed by atoms with Crippen LogP contribution >= 0.6 is 0 Å². The average molecular weight is 209 g/mol. The minimum atomic E-state index is -0.289. The van der Waals surface area contributed by atoms with Crippen molar-refractivity contribution in [1.29, 1.82) is 0 Å². The zero-order valence-corrected chi connectivity index (χ0v) is 8.91. The molecule has 0 spiro atoms. The monoisotopic (exact) mass is 209 g/mol. The van der Waals surface area contributed by atoms with Crippen LogP contribution in [0.4, 0.5) is 10.1 Å². The van der Waals surface area contributed by atoms with Crippen molar-refractivity contribution in [1.82, 2.24) is 0 Å². The zero-order valence-electron chi connectivity index (χ0n) is 8.91. The van der Waals surface area contributed by atoms with E-state index in [0.29, 0.717) is 0 Å². The van der Waals surface area contributed by atoms with Crippen LogP contribution in [0.3, 0.4) is 0 Å². The minimum absolute atomic E-state index is 0.183. The van der Waals surface area contributed by atoms with Gasteiger partial charge in [0.2, 0.25) is 0 Å². The van der Waals surface area contributed by atoms with E-state index < -0.39 is 0 Å². The molecule has 0 bridgehead atoms. The number of fused-ring (bicyclic) bond motifs is 1. The van der Waals surface area contributed by atoms with E-state index in [1.54, 1.807) is 13.0 Å². The Hall–Kier alpha value is -1.09. The number of aliphatic hydroxyl groups is 1. The van der Waals surface area contributed by atoms with Crippen LogP contribution in [0, 0.1) is 5.82 Å². The summed E-state index contributed by atoms with van der Waals surface area (Å²) in [6.07, 6.45) is 1.42. The number of benzene rings is 1. The molecule has 2 rings (SSSR count). The lowest BCUT2D eigenvalue weighted by atomic mass is 10.1. The summed E-state index contributed by atoms with van der Waals surface area (Å²) in [6.45, 7) is 3.52. The topological polar surface area (TPSA) is 23.5 Å². The van der Waals surface area contributed by atoms with E-state index in [-0.39, 0.29) is 11.9 Å². The number of rotatable bonds is 3. The standard InChI is InChI=1S/C12H16FNO/c1-9(15)4-6-14-7-5-10-2-3-11(13)8-12(10)14/h2-3,8-9,15H,4-7H2,1H3. The van der Waals surface area contributed by atoms with E-state index in [2.05, 4.69) is 4.90 Å². The molecule has 0 aromatic heterocycles. The molecule has 0 aliphatic carbocycles. The Bertz CT molecular complexity index is 351. The van der Waals surface area contributed by atoms with Crippen molar-refractivity contribution in [3.8, 4) is 0 Å². The van der Waals surface area contributed by atoms with Gasteiger partial charge in [-0.1, -0.05) is 6.07 Å². The summed E-state index contributed by atoms with van der Waals surface area (Å²) in [4.78, 5) is 2.14. The van der Waals surface area contributed by atoms with Gasteiger partial charge in [-0.3, -0.25) is 0 Å². The van der Waals surface area contributed by atoms with Gasteiger partial charge in [0.15, 0.2) is 0 Å². The van der Waals surface area contributed by atoms with Gasteiger partial charge < -0.3 is 10.0 Å². The van der Waals surface area contributed by atoms with E-state index in [9.17, 15) is 9.50 Å². The molecule has 15 heavy (non-hydrogen) atoms. The lowest BCUT2D eigenvalue weighted by Crippen LogP contribution is -2.24. The Morgan fingerprint density at radius 1 is 1.53 bits per heavy atom. The van der Waals surface area contributed by atoms with Gasteiger partial charge in [0.25, 0.3) is 0 Å². The normalized spacial score (nSPS) is 16.6. The lowest BCUT2D eigenvalue weighted by Gasteiger charge is -2.20. The van der Waals surface area contributed by atoms with Crippen LogP contribution in [0.25, 0.3) is 0 Å². The highest BCUT2D eigenvalue weighted by Crippen LogP contribution is 2.28. The number of halogens is 1. The van der Waals surface area contributed by atoms with Crippen molar-refractivity contribution in [3.05, 3.63) is 29.6 Å². The second-order valence-corrected chi connectivity index (χ2v) is 4.15. The van der Waals surface area contributed by atoms with Crippen LogP contribution in [0.5, 0.6) is 0 Å². The summed E-state index contributed by atoms with van der Waals surface area (Å²) in [6, 6.07) is 4.95. The number of anilines is 1. The van der Waals surface area contributed by atoms with Crippen LogP contribution in [-0.2, 0) is 6.42 Å². The lowest BCUT2D eigenvalue weighted by molar-refractivity contribution is 0.186. The van der Waals surface area contributed by atoms with Crippen LogP contribution in [0.15, 0.2) is 18.2 Å². The predicted octanol–water partition coefficient (Wildman–Crippen LogP) is 1.96. The molecule has 1 unspecified atom stereocenters. The molecule has 1 aromatic rings. The number of nitrogens with zero attached hydrogens (tertiary/aromatic N) is 1. The van der Waals surface area contributed by atoms with Gasteiger partial charge in [-0.05, 0) is 37.5 Å². The van der Waals surface area contributed by atoms with Gasteiger partial charge in [0, 0.05) is 18.8 Å². The largest absolute Gasteiger partial charge is 0.393 e. The van der Waals surface area contributed by atoms with E-state index >= 15 is 0 Å². The number of aliphatic hydroxyl groups excluding tert-OH is 1. The summed E-state index contributed by atoms with van der Waals surface area (Å²) >= 11 is 0. The van der Waals surface area contributed by atoms with E-state index in [4.69, 9.17) is 0 Å². The summed E-state index contributed by atoms with van der Waals surface area (Å²) in [7, 11) is 0. The van der Waals surface area contributed by atoms with Gasteiger partial charge in [-0.15, -0.1) is 0 Å². The summed E-state index contributed by atoms with van der Waals surface area (Å²) < 4.78 is 13.1. The Balaban J connectivity index is 2.10. The SMILES string of the molecule is CC(O)CCN1CCc2ccc(F)cc21. The van der Waals surface area contributed by atoms with Gasteiger partial charge in [0.05, 0.1) is 6.10 Å². The first kappa shape index (κ1) is 10.4. The molecule has 1 atom stereocenters. The third-order valence-electron chi connectivity index (χ3n) is 2.86. The molecule has 0 fully saturated rings. The molecular weight excluding hydrogens is 193 g/mol. The maximum Gasteiger partial charge on any atom is 0.125 e. The molecule has 3 heteroatoms. The highest BCUT2D eigenvalue weighted by molar-refractivity contribution is 5.58. The fraction of sp³-hybridized carbons (Fsp3) is 0.500. The van der Waals surface area contributed by atoms with E-state index in [1.165, 1.54) is 11.6 Å². The molecule has 1 aliphatic rings. The Morgan fingerprint density at radius 2 is 2.33 bits per heavy atom. The maximum atomic E-state index is 13.1. The Labute approximate surface area is 89.3 Å². The first-order valence-corrected chi connectivity index (χ1v) is 5.38. The zero-order chi connectivity index (χ0) is 10.8. The van der Waals surface area contributed by atoms with Gasteiger partial charge in [-0.2, -0.15) is 0 Å². The van der Waals surface area contributed by atoms with Crippen LogP contribution < -0.4 is 4.90 Å². The molecule has 1 aromatic carbocycles. The van der Waals surface area contributed by atoms with E-state index in [1.807, 2.05) is 6.07 Å². The molecule has 0 radical (unpaired) electrons. The Kier molecular flexibility index (Phi) is 2.91. The average Bonchev–Trinajstić information content (AvgIpc) is 2.57. The maximum absolute atomic E-state index is 13.1. The molecule has 0 saturated heterocycles. The molecule has 0 saturated carbocycles. The second kappa shape index (κ2) is 4.19. The molecular formula is C12H16FNO. The van der Waals surface area contributed by atoms with E-state index in [0.717, 1.165) is 31.6 Å². The molecule has 1 heterocycles. The van der Waals surface area contributed by atoms with Gasteiger partial charge in [-0.25, -0.2) is 4.39 Å². The molecule has 1 N–H and O–H groups in total. The summed E-state index contributed by atoms with van der Waals surface area (Å²) in [5, 5.41) is 9.21. The van der Waals surface area contributed by atoms with Gasteiger partial charge in [0.1, 0.15) is 5.82 Å². The second-order valence-electron chi connectivity index (χ2n) is 4.15. The van der Waals surface area contributed by atoms with Crippen LogP contribution in [0.1, 0.15) is 18.9 Å². The minimum Gasteiger partial charge on any atom is -0.393 e. The van der Waals surface area contributed by atoms with Crippen molar-refractivity contribution in [2.75, 3.05) is 18.0 Å². The molecule has 82 valence electrons. The molecule has 1 aliphatic heterocycles. The Morgan fingerprint density at radius 3 is 3.07 bits per heavy atom. The third kappa shape index (κ3) is 2.29. The fourth-order valence-corrected chi connectivity index (χ4v) is 1.99. The van der Waals surface area contributed by atoms with Crippen molar-refractivity contribution in [2.24, 2.45) is 0 Å². The molecule has 2 nitrogen and oxygen atoms in total. The first-order valence-electron chi connectivity index (χ1n) is 5.38. The highest BCUT2D eigenvalue weighted by Gasteiger charge is 2.19. The van der Waals surface area contributed by atoms with Crippen LogP contribution in [-0.4, -0.2) is 24.3 Å². The third-order valence-corrected chi connectivity index (χ3v) is 2.86.